The average molecular weight is 390 g/mol. The van der Waals surface area contributed by atoms with Crippen LogP contribution in [0.2, 0.25) is 0 Å². The van der Waals surface area contributed by atoms with Crippen molar-refractivity contribution in [3.05, 3.63) is 0 Å². The first kappa shape index (κ1) is 23.8. The molecule has 0 aromatic rings. The van der Waals surface area contributed by atoms with Crippen molar-refractivity contribution in [3.8, 4) is 0 Å². The Balaban J connectivity index is 4.92. The van der Waals surface area contributed by atoms with E-state index in [-0.39, 0.29) is 6.92 Å². The number of aliphatic carboxylic acids is 1. The molecule has 9 nitrogen and oxygen atoms in total. The van der Waals surface area contributed by atoms with Crippen LogP contribution in [0.4, 0.5) is 26.3 Å². The number of carbonyl (C=O) groups is 1. The Bertz CT molecular complexity index is 420. The van der Waals surface area contributed by atoms with Gasteiger partial charge in [-0.15, -0.1) is 0 Å². The summed E-state index contributed by atoms with van der Waals surface area (Å²) in [5.74, 6) is -4.60. The Morgan fingerprint density at radius 1 is 1.16 bits per heavy atom. The van der Waals surface area contributed by atoms with Gasteiger partial charge < -0.3 is 9.84 Å². The monoisotopic (exact) mass is 390 g/mol. The van der Waals surface area contributed by atoms with Crippen LogP contribution in [0.25, 0.3) is 0 Å². The molecule has 0 fully saturated rings. The van der Waals surface area contributed by atoms with Crippen molar-refractivity contribution < 1.29 is 60.2 Å². The zero-order valence-electron chi connectivity index (χ0n) is 12.9. The smallest absolute Gasteiger partial charge is 0.413 e. The van der Waals surface area contributed by atoms with Gasteiger partial charge in [-0.1, -0.05) is 0 Å². The number of ether oxygens (including phenoxy) is 2. The van der Waals surface area contributed by atoms with Crippen LogP contribution in [0, 0.1) is 0 Å². The molecule has 0 aliphatic heterocycles. The molecule has 0 heterocycles. The second-order valence-electron chi connectivity index (χ2n) is 4.44. The van der Waals surface area contributed by atoms with Gasteiger partial charge in [0, 0.05) is 6.92 Å². The fraction of sp³-hybridized carbons (Fsp3) is 0.900. The van der Waals surface area contributed by atoms with Crippen molar-refractivity contribution in [2.45, 2.75) is 38.4 Å². The molecule has 0 amide bonds. The van der Waals surface area contributed by atoms with E-state index >= 15 is 0 Å². The largest absolute Gasteiger partial charge is 0.479 e. The van der Waals surface area contributed by atoms with Gasteiger partial charge in [-0.05, 0) is 6.92 Å². The number of hydrogen-bond acceptors (Lipinski definition) is 8. The predicted octanol–water partition coefficient (Wildman–Crippen LogP) is 1.30. The molecule has 0 rings (SSSR count). The third-order valence-corrected chi connectivity index (χ3v) is 1.71. The van der Waals surface area contributed by atoms with Gasteiger partial charge in [-0.3, -0.25) is 10.5 Å². The molecule has 0 aromatic heterocycles. The zero-order valence-corrected chi connectivity index (χ0v) is 12.9. The Labute approximate surface area is 137 Å². The van der Waals surface area contributed by atoms with Gasteiger partial charge >= 0.3 is 18.3 Å². The Morgan fingerprint density at radius 3 is 2.08 bits per heavy atom. The number of halogens is 6. The molecule has 0 radical (unpaired) electrons. The van der Waals surface area contributed by atoms with Crippen LogP contribution in [-0.2, 0) is 28.8 Å². The fourth-order valence-electron chi connectivity index (χ4n) is 1.15. The van der Waals surface area contributed by atoms with Crippen molar-refractivity contribution in [2.24, 2.45) is 5.73 Å². The standard InChI is InChI=1S/C10H16F6N2O7/c1-6(11)24-10(17,25-8(2,12)13)5-23-18(21-3-7(19)20)22-4-9(14,15)16/h6H,3-5,17H2,1-2H3,(H,19,20). The lowest BCUT2D eigenvalue weighted by atomic mass is 10.5. The van der Waals surface area contributed by atoms with E-state index in [0.717, 1.165) is 6.92 Å². The zero-order chi connectivity index (χ0) is 19.9. The van der Waals surface area contributed by atoms with Crippen LogP contribution < -0.4 is 5.73 Å². The van der Waals surface area contributed by atoms with Gasteiger partial charge in [-0.2, -0.15) is 22.0 Å². The molecular formula is C10H16F6N2O7. The third kappa shape index (κ3) is 13.7. The van der Waals surface area contributed by atoms with E-state index in [1.165, 1.54) is 0 Å². The van der Waals surface area contributed by atoms with Crippen molar-refractivity contribution in [2.75, 3.05) is 19.8 Å². The summed E-state index contributed by atoms with van der Waals surface area (Å²) >= 11 is 0. The van der Waals surface area contributed by atoms with Crippen LogP contribution in [-0.4, -0.2) is 60.8 Å². The van der Waals surface area contributed by atoms with Gasteiger partial charge in [0.2, 0.25) is 6.36 Å². The topological polar surface area (TPSA) is 113 Å². The molecule has 15 heteroatoms. The van der Waals surface area contributed by atoms with E-state index in [1.54, 1.807) is 0 Å². The number of hydrogen-bond donors (Lipinski definition) is 2. The summed E-state index contributed by atoms with van der Waals surface area (Å²) in [4.78, 5) is 22.8. The van der Waals surface area contributed by atoms with E-state index in [9.17, 15) is 31.1 Å². The SMILES string of the molecule is CC(F)OC(N)(CON(OCC(=O)O)OCC(F)(F)F)OC(C)(F)F. The van der Waals surface area contributed by atoms with Gasteiger partial charge in [0.05, 0.1) is 5.39 Å². The highest BCUT2D eigenvalue weighted by atomic mass is 19.4. The lowest BCUT2D eigenvalue weighted by Gasteiger charge is -2.32. The van der Waals surface area contributed by atoms with E-state index < -0.39 is 55.7 Å². The van der Waals surface area contributed by atoms with E-state index in [4.69, 9.17) is 10.8 Å². The molecule has 0 saturated heterocycles. The molecule has 3 N–H and O–H groups in total. The Hall–Kier alpha value is -1.23. The third-order valence-electron chi connectivity index (χ3n) is 1.71. The first-order valence-corrected chi connectivity index (χ1v) is 6.28. The number of carboxylic acids is 1. The second-order valence-corrected chi connectivity index (χ2v) is 4.44. The summed E-state index contributed by atoms with van der Waals surface area (Å²) < 4.78 is 83.1. The van der Waals surface area contributed by atoms with Crippen molar-refractivity contribution in [1.82, 2.24) is 5.39 Å². The van der Waals surface area contributed by atoms with Crippen LogP contribution in [0.1, 0.15) is 13.8 Å². The van der Waals surface area contributed by atoms with Gasteiger partial charge in [0.1, 0.15) is 6.61 Å². The minimum Gasteiger partial charge on any atom is -0.479 e. The lowest BCUT2D eigenvalue weighted by molar-refractivity contribution is -0.546. The molecule has 0 spiro atoms. The average Bonchev–Trinajstić information content (AvgIpc) is 2.32. The minimum absolute atomic E-state index is 0.222. The molecule has 150 valence electrons. The van der Waals surface area contributed by atoms with E-state index in [0.29, 0.717) is 0 Å². The van der Waals surface area contributed by atoms with Crippen molar-refractivity contribution in [3.63, 3.8) is 0 Å². The van der Waals surface area contributed by atoms with E-state index in [1.807, 2.05) is 0 Å². The molecule has 0 bridgehead atoms. The first-order valence-electron chi connectivity index (χ1n) is 6.28. The number of nitrogens with two attached hydrogens (primary N) is 1. The number of nitrogens with zero attached hydrogens (tertiary/aromatic N) is 1. The maximum absolute atomic E-state index is 12.9. The maximum Gasteiger partial charge on any atom is 0.413 e. The summed E-state index contributed by atoms with van der Waals surface area (Å²) in [6.07, 6.45) is -11.0. The van der Waals surface area contributed by atoms with Crippen LogP contribution >= 0.6 is 0 Å². The van der Waals surface area contributed by atoms with Crippen molar-refractivity contribution in [1.29, 1.82) is 0 Å². The number of rotatable bonds is 12. The quantitative estimate of drug-likeness (QED) is 0.289. The van der Waals surface area contributed by atoms with E-state index in [2.05, 4.69) is 24.0 Å². The number of carboxylic acid groups (broad SMARTS) is 1. The highest BCUT2D eigenvalue weighted by Crippen LogP contribution is 2.23. The summed E-state index contributed by atoms with van der Waals surface area (Å²) in [5.41, 5.74) is 5.21. The van der Waals surface area contributed by atoms with Crippen LogP contribution in [0.5, 0.6) is 0 Å². The molecule has 0 aromatic carbocycles. The molecule has 0 aliphatic carbocycles. The highest BCUT2D eigenvalue weighted by Gasteiger charge is 2.41. The maximum atomic E-state index is 12.9. The lowest BCUT2D eigenvalue weighted by Crippen LogP contribution is -2.55. The molecule has 0 saturated carbocycles. The predicted molar refractivity (Wildman–Crippen MR) is 63.7 cm³/mol. The summed E-state index contributed by atoms with van der Waals surface area (Å²) in [5, 5.41) is 7.93. The summed E-state index contributed by atoms with van der Waals surface area (Å²) in [7, 11) is 0. The summed E-state index contributed by atoms with van der Waals surface area (Å²) in [6, 6.07) is 0. The van der Waals surface area contributed by atoms with Gasteiger partial charge in [0.25, 0.3) is 5.91 Å². The molecule has 2 atom stereocenters. The fourth-order valence-corrected chi connectivity index (χ4v) is 1.15. The normalized spacial score (nSPS) is 16.7. The Kier molecular flexibility index (Phi) is 9.00. The number of alkyl halides is 6. The van der Waals surface area contributed by atoms with Gasteiger partial charge in [-0.25, -0.2) is 23.7 Å². The highest BCUT2D eigenvalue weighted by molar-refractivity contribution is 5.67. The molecular weight excluding hydrogens is 374 g/mol. The Morgan fingerprint density at radius 2 is 1.68 bits per heavy atom. The molecule has 2 unspecified atom stereocenters. The summed E-state index contributed by atoms with van der Waals surface area (Å²) in [6.45, 7) is -3.60. The van der Waals surface area contributed by atoms with Gasteiger partial charge in [0.15, 0.2) is 13.2 Å². The van der Waals surface area contributed by atoms with Crippen molar-refractivity contribution >= 4 is 5.97 Å². The van der Waals surface area contributed by atoms with Crippen LogP contribution in [0.3, 0.4) is 0 Å². The molecule has 25 heavy (non-hydrogen) atoms. The minimum atomic E-state index is -4.87. The first-order chi connectivity index (χ1) is 11.1. The molecule has 0 aliphatic rings. The van der Waals surface area contributed by atoms with Crippen LogP contribution in [0.15, 0.2) is 0 Å². The second kappa shape index (κ2) is 9.46.